The van der Waals surface area contributed by atoms with Gasteiger partial charge in [-0.15, -0.1) is 0 Å². The zero-order chi connectivity index (χ0) is 20.4. The Morgan fingerprint density at radius 3 is 2.18 bits per heavy atom. The number of fused-ring (bicyclic) bond motifs is 1. The minimum atomic E-state index is -0.536. The Labute approximate surface area is 166 Å². The molecule has 1 aromatic rings. The first-order valence-corrected chi connectivity index (χ1v) is 9.98. The molecular formula is C24H28O4. The number of aliphatic hydroxyl groups is 1. The second-order valence-electron chi connectivity index (χ2n) is 10.1. The molecule has 0 saturated heterocycles. The summed E-state index contributed by atoms with van der Waals surface area (Å²) in [6, 6.07) is 5.80. The molecule has 4 heteroatoms. The number of ether oxygens (including phenoxy) is 1. The van der Waals surface area contributed by atoms with E-state index in [2.05, 4.69) is 13.8 Å². The summed E-state index contributed by atoms with van der Waals surface area (Å²) < 4.78 is 6.25. The number of aliphatic hydroxyl groups excluding tert-OH is 1. The Morgan fingerprint density at radius 2 is 1.54 bits per heavy atom. The van der Waals surface area contributed by atoms with Gasteiger partial charge in [-0.3, -0.25) is 9.59 Å². The van der Waals surface area contributed by atoms with Gasteiger partial charge in [-0.25, -0.2) is 0 Å². The molecule has 1 N–H and O–H groups in total. The van der Waals surface area contributed by atoms with Crippen LogP contribution in [0.4, 0.5) is 0 Å². The fraction of sp³-hybridized carbons (Fsp3) is 0.500. The lowest BCUT2D eigenvalue weighted by Crippen LogP contribution is -2.36. The zero-order valence-corrected chi connectivity index (χ0v) is 17.3. The standard InChI is InChI=1S/C24H28O4/c1-13-7-6-8-14-19(20-15(25)9-23(2,3)10-16(20)26)21-17(27)11-24(4,5)12-18(21)28-22(13)14/h6-8,19,25H,9-12H2,1-5H3. The maximum absolute atomic E-state index is 13.2. The van der Waals surface area contributed by atoms with Crippen molar-refractivity contribution in [3.05, 3.63) is 52.0 Å². The van der Waals surface area contributed by atoms with Gasteiger partial charge in [0, 0.05) is 42.4 Å². The van der Waals surface area contributed by atoms with Crippen molar-refractivity contribution in [3.63, 3.8) is 0 Å². The number of allylic oxidation sites excluding steroid dienone is 4. The number of aryl methyl sites for hydroxylation is 1. The number of benzene rings is 1. The number of ketones is 2. The van der Waals surface area contributed by atoms with Crippen molar-refractivity contribution < 1.29 is 19.4 Å². The third-order valence-electron chi connectivity index (χ3n) is 6.13. The molecule has 1 atom stereocenters. The Kier molecular flexibility index (Phi) is 4.11. The van der Waals surface area contributed by atoms with E-state index >= 15 is 0 Å². The van der Waals surface area contributed by atoms with Crippen molar-refractivity contribution in [3.8, 4) is 5.75 Å². The van der Waals surface area contributed by atoms with Crippen LogP contribution in [0.3, 0.4) is 0 Å². The molecule has 4 nitrogen and oxygen atoms in total. The minimum absolute atomic E-state index is 0.0151. The fourth-order valence-corrected chi connectivity index (χ4v) is 4.94. The van der Waals surface area contributed by atoms with E-state index in [0.29, 0.717) is 42.6 Å². The number of rotatable bonds is 1. The molecule has 4 rings (SSSR count). The lowest BCUT2D eigenvalue weighted by molar-refractivity contribution is -0.119. The van der Waals surface area contributed by atoms with Gasteiger partial charge in [0.25, 0.3) is 0 Å². The molecule has 0 bridgehead atoms. The van der Waals surface area contributed by atoms with Gasteiger partial charge < -0.3 is 9.84 Å². The summed E-state index contributed by atoms with van der Waals surface area (Å²) >= 11 is 0. The number of carbonyl (C=O) groups excluding carboxylic acids is 2. The van der Waals surface area contributed by atoms with Crippen LogP contribution in [0.5, 0.6) is 5.75 Å². The second-order valence-corrected chi connectivity index (χ2v) is 10.1. The lowest BCUT2D eigenvalue weighted by Gasteiger charge is -2.40. The quantitative estimate of drug-likeness (QED) is 0.716. The monoisotopic (exact) mass is 380 g/mol. The number of para-hydroxylation sites is 1. The summed E-state index contributed by atoms with van der Waals surface area (Å²) in [5, 5.41) is 10.9. The second kappa shape index (κ2) is 6.07. The zero-order valence-electron chi connectivity index (χ0n) is 17.3. The number of carbonyl (C=O) groups is 2. The van der Waals surface area contributed by atoms with E-state index in [1.165, 1.54) is 0 Å². The third kappa shape index (κ3) is 2.99. The summed E-state index contributed by atoms with van der Waals surface area (Å²) in [4.78, 5) is 26.3. The molecule has 0 spiro atoms. The first-order chi connectivity index (χ1) is 13.0. The molecule has 1 aliphatic heterocycles. The van der Waals surface area contributed by atoms with Crippen LogP contribution in [0.25, 0.3) is 0 Å². The number of Topliss-reactive ketones (excluding diaryl/α,β-unsaturated/α-hetero) is 2. The normalized spacial score (nSPS) is 26.0. The Balaban J connectivity index is 1.96. The van der Waals surface area contributed by atoms with E-state index in [9.17, 15) is 14.7 Å². The van der Waals surface area contributed by atoms with Gasteiger partial charge in [0.1, 0.15) is 17.3 Å². The largest absolute Gasteiger partial charge is 0.512 e. The summed E-state index contributed by atoms with van der Waals surface area (Å²) in [7, 11) is 0. The van der Waals surface area contributed by atoms with Crippen molar-refractivity contribution in [2.45, 2.75) is 66.2 Å². The molecule has 0 fully saturated rings. The maximum atomic E-state index is 13.2. The van der Waals surface area contributed by atoms with Gasteiger partial charge in [-0.1, -0.05) is 45.9 Å². The van der Waals surface area contributed by atoms with Crippen molar-refractivity contribution >= 4 is 11.6 Å². The van der Waals surface area contributed by atoms with Gasteiger partial charge in [0.2, 0.25) is 0 Å². The third-order valence-corrected chi connectivity index (χ3v) is 6.13. The minimum Gasteiger partial charge on any atom is -0.512 e. The van der Waals surface area contributed by atoms with Crippen LogP contribution in [0.2, 0.25) is 0 Å². The van der Waals surface area contributed by atoms with Crippen LogP contribution in [-0.2, 0) is 9.59 Å². The van der Waals surface area contributed by atoms with Gasteiger partial charge in [-0.05, 0) is 23.3 Å². The number of hydrogen-bond donors (Lipinski definition) is 1. The van der Waals surface area contributed by atoms with Crippen LogP contribution < -0.4 is 4.74 Å². The Hall–Kier alpha value is -2.36. The van der Waals surface area contributed by atoms with Crippen LogP contribution in [0, 0.1) is 17.8 Å². The van der Waals surface area contributed by atoms with E-state index in [0.717, 1.165) is 16.9 Å². The predicted octanol–water partition coefficient (Wildman–Crippen LogP) is 5.32. The van der Waals surface area contributed by atoms with Crippen LogP contribution in [0.1, 0.15) is 70.4 Å². The molecule has 0 radical (unpaired) electrons. The SMILES string of the molecule is Cc1cccc2c1OC1=C(C(=O)CC(C)(C)C1)C2C1=C(O)CC(C)(C)CC1=O. The first-order valence-electron chi connectivity index (χ1n) is 9.98. The molecule has 0 saturated carbocycles. The molecule has 1 unspecified atom stereocenters. The molecule has 1 heterocycles. The highest BCUT2D eigenvalue weighted by atomic mass is 16.5. The van der Waals surface area contributed by atoms with E-state index in [4.69, 9.17) is 4.74 Å². The van der Waals surface area contributed by atoms with Crippen molar-refractivity contribution in [2.75, 3.05) is 0 Å². The van der Waals surface area contributed by atoms with Gasteiger partial charge >= 0.3 is 0 Å². The highest BCUT2D eigenvalue weighted by Crippen LogP contribution is 2.53. The molecule has 28 heavy (non-hydrogen) atoms. The number of hydrogen-bond acceptors (Lipinski definition) is 4. The molecule has 0 amide bonds. The topological polar surface area (TPSA) is 63.6 Å². The average molecular weight is 380 g/mol. The van der Waals surface area contributed by atoms with Crippen molar-refractivity contribution in [1.82, 2.24) is 0 Å². The van der Waals surface area contributed by atoms with E-state index < -0.39 is 5.92 Å². The summed E-state index contributed by atoms with van der Waals surface area (Å²) in [6.07, 6.45) is 1.87. The highest BCUT2D eigenvalue weighted by molar-refractivity contribution is 6.06. The predicted molar refractivity (Wildman–Crippen MR) is 107 cm³/mol. The van der Waals surface area contributed by atoms with Crippen LogP contribution >= 0.6 is 0 Å². The molecular weight excluding hydrogens is 352 g/mol. The van der Waals surface area contributed by atoms with E-state index in [1.54, 1.807) is 0 Å². The summed E-state index contributed by atoms with van der Waals surface area (Å²) in [5.74, 6) is 0.899. The van der Waals surface area contributed by atoms with E-state index in [-0.39, 0.29) is 28.2 Å². The molecule has 0 aromatic heterocycles. The lowest BCUT2D eigenvalue weighted by atomic mass is 9.66. The Morgan fingerprint density at radius 1 is 0.929 bits per heavy atom. The summed E-state index contributed by atoms with van der Waals surface area (Å²) in [6.45, 7) is 10.1. The highest BCUT2D eigenvalue weighted by Gasteiger charge is 2.47. The van der Waals surface area contributed by atoms with Crippen LogP contribution in [-0.4, -0.2) is 16.7 Å². The van der Waals surface area contributed by atoms with Gasteiger partial charge in [-0.2, -0.15) is 0 Å². The smallest absolute Gasteiger partial charge is 0.163 e. The summed E-state index contributed by atoms with van der Waals surface area (Å²) in [5.41, 5.74) is 2.26. The van der Waals surface area contributed by atoms with E-state index in [1.807, 2.05) is 39.0 Å². The molecule has 148 valence electrons. The van der Waals surface area contributed by atoms with Crippen LogP contribution in [0.15, 0.2) is 40.9 Å². The Bertz CT molecular complexity index is 959. The van der Waals surface area contributed by atoms with Crippen molar-refractivity contribution in [2.24, 2.45) is 10.8 Å². The van der Waals surface area contributed by atoms with Gasteiger partial charge in [0.15, 0.2) is 11.6 Å². The van der Waals surface area contributed by atoms with Crippen molar-refractivity contribution in [1.29, 1.82) is 0 Å². The van der Waals surface area contributed by atoms with Gasteiger partial charge in [0.05, 0.1) is 5.92 Å². The molecule has 1 aromatic carbocycles. The fourth-order valence-electron chi connectivity index (χ4n) is 4.94. The average Bonchev–Trinajstić information content (AvgIpc) is 2.52. The molecule has 3 aliphatic rings. The maximum Gasteiger partial charge on any atom is 0.163 e. The molecule has 2 aliphatic carbocycles. The first kappa shape index (κ1) is 19.0.